The van der Waals surface area contributed by atoms with Crippen molar-refractivity contribution in [2.75, 3.05) is 43.0 Å². The van der Waals surface area contributed by atoms with Crippen molar-refractivity contribution in [2.24, 2.45) is 11.8 Å². The van der Waals surface area contributed by atoms with E-state index >= 15 is 4.39 Å². The third-order valence-electron chi connectivity index (χ3n) is 7.39. The number of rotatable bonds is 10. The fourth-order valence-corrected chi connectivity index (χ4v) is 5.78. The third-order valence-corrected chi connectivity index (χ3v) is 7.56. The van der Waals surface area contributed by atoms with Gasteiger partial charge in [-0.1, -0.05) is 25.7 Å². The Balaban J connectivity index is 1.42. The number of carbonyl (C=O) groups is 2. The molecular formula is C23H35ClFN7O3. The number of amides is 2. The van der Waals surface area contributed by atoms with Crippen LogP contribution in [-0.4, -0.2) is 70.7 Å². The van der Waals surface area contributed by atoms with Crippen molar-refractivity contribution in [3.05, 3.63) is 11.1 Å². The normalized spacial score (nSPS) is 21.9. The minimum absolute atomic E-state index is 0.0104. The highest BCUT2D eigenvalue weighted by Crippen LogP contribution is 2.32. The van der Waals surface area contributed by atoms with E-state index in [2.05, 4.69) is 31.0 Å². The smallest absolute Gasteiger partial charge is 0.404 e. The molecule has 0 aromatic carbocycles. The molecule has 194 valence electrons. The number of likely N-dealkylation sites (tertiary alicyclic amines) is 1. The molecule has 0 unspecified atom stereocenters. The molecule has 1 saturated carbocycles. The van der Waals surface area contributed by atoms with Gasteiger partial charge in [-0.05, 0) is 62.7 Å². The molecule has 3 heterocycles. The Hall–Kier alpha value is -2.40. The average Bonchev–Trinajstić information content (AvgIpc) is 3.60. The average molecular weight is 512 g/mol. The summed E-state index contributed by atoms with van der Waals surface area (Å²) in [5.74, 6) is -1.36. The second kappa shape index (κ2) is 12.0. The van der Waals surface area contributed by atoms with Gasteiger partial charge < -0.3 is 20.2 Å². The Labute approximate surface area is 210 Å². The Morgan fingerprint density at radius 2 is 1.83 bits per heavy atom. The lowest BCUT2D eigenvalue weighted by Gasteiger charge is -2.30. The zero-order valence-corrected chi connectivity index (χ0v) is 20.7. The Morgan fingerprint density at radius 3 is 2.54 bits per heavy atom. The Morgan fingerprint density at radius 1 is 1.09 bits per heavy atom. The zero-order chi connectivity index (χ0) is 24.8. The summed E-state index contributed by atoms with van der Waals surface area (Å²) in [6, 6.07) is 0.147. The number of nitrogens with zero attached hydrogens (tertiary/aromatic N) is 4. The minimum Gasteiger partial charge on any atom is -0.465 e. The maximum atomic E-state index is 15.5. The number of hydrazine groups is 1. The van der Waals surface area contributed by atoms with Gasteiger partial charge in [-0.2, -0.15) is 14.4 Å². The lowest BCUT2D eigenvalue weighted by molar-refractivity contribution is -0.124. The maximum absolute atomic E-state index is 15.5. The zero-order valence-electron chi connectivity index (χ0n) is 19.9. The monoisotopic (exact) mass is 511 g/mol. The van der Waals surface area contributed by atoms with Crippen LogP contribution in [-0.2, 0) is 4.79 Å². The summed E-state index contributed by atoms with van der Waals surface area (Å²) in [7, 11) is 0. The maximum Gasteiger partial charge on any atom is 0.404 e. The van der Waals surface area contributed by atoms with Crippen molar-refractivity contribution in [3.63, 3.8) is 0 Å². The van der Waals surface area contributed by atoms with E-state index < -0.39 is 23.7 Å². The molecule has 2 atom stereocenters. The van der Waals surface area contributed by atoms with Gasteiger partial charge in [-0.25, -0.2) is 4.79 Å². The van der Waals surface area contributed by atoms with Gasteiger partial charge in [0.1, 0.15) is 0 Å². The van der Waals surface area contributed by atoms with Crippen molar-refractivity contribution < 1.29 is 19.1 Å². The number of hydrogen-bond acceptors (Lipinski definition) is 7. The highest BCUT2D eigenvalue weighted by atomic mass is 35.5. The number of hydrogen-bond donors (Lipinski definition) is 4. The van der Waals surface area contributed by atoms with Crippen molar-refractivity contribution >= 4 is 35.2 Å². The Bertz CT molecular complexity index is 896. The first-order chi connectivity index (χ1) is 16.9. The molecule has 4 N–H and O–H groups in total. The lowest BCUT2D eigenvalue weighted by atomic mass is 9.92. The number of nitrogens with one attached hydrogen (secondary N) is 3. The van der Waals surface area contributed by atoms with E-state index in [0.29, 0.717) is 18.9 Å². The molecule has 35 heavy (non-hydrogen) atoms. The quantitative estimate of drug-likeness (QED) is 0.279. The molecule has 1 aliphatic carbocycles. The van der Waals surface area contributed by atoms with E-state index in [-0.39, 0.29) is 29.5 Å². The minimum atomic E-state index is -1.19. The van der Waals surface area contributed by atoms with Gasteiger partial charge in [-0.15, -0.1) is 0 Å². The standard InChI is InChI=1S/C23H35ClFN7O3/c24-22-27-19(29-30-21(33)16(13-26-23(34)35)12-15-6-1-2-7-15)18(25)20(28-22)32-11-5-8-17(32)14-31-9-3-4-10-31/h15-17,26H,1-14H2,(H,30,33)(H,34,35)(H,27,28,29)/t16-,17+/m1/s1. The first-order valence-corrected chi connectivity index (χ1v) is 13.0. The van der Waals surface area contributed by atoms with Crippen LogP contribution < -0.4 is 21.1 Å². The van der Waals surface area contributed by atoms with Crippen LogP contribution in [0.15, 0.2) is 0 Å². The number of aromatic nitrogens is 2. The fourth-order valence-electron chi connectivity index (χ4n) is 5.61. The largest absolute Gasteiger partial charge is 0.465 e. The first kappa shape index (κ1) is 25.7. The predicted molar refractivity (Wildman–Crippen MR) is 131 cm³/mol. The van der Waals surface area contributed by atoms with Crippen molar-refractivity contribution in [1.29, 1.82) is 0 Å². The molecule has 2 saturated heterocycles. The fraction of sp³-hybridized carbons (Fsp3) is 0.739. The van der Waals surface area contributed by atoms with Crippen molar-refractivity contribution in [3.8, 4) is 0 Å². The molecule has 3 aliphatic rings. The summed E-state index contributed by atoms with van der Waals surface area (Å²) >= 11 is 6.14. The van der Waals surface area contributed by atoms with Crippen LogP contribution in [0.1, 0.15) is 57.8 Å². The highest BCUT2D eigenvalue weighted by molar-refractivity contribution is 6.28. The number of carbonyl (C=O) groups excluding carboxylic acids is 1. The van der Waals surface area contributed by atoms with Crippen molar-refractivity contribution in [2.45, 2.75) is 63.8 Å². The second-order valence-corrected chi connectivity index (χ2v) is 10.2. The number of anilines is 2. The summed E-state index contributed by atoms with van der Waals surface area (Å²) < 4.78 is 15.5. The summed E-state index contributed by atoms with van der Waals surface area (Å²) in [4.78, 5) is 36.3. The van der Waals surface area contributed by atoms with Crippen molar-refractivity contribution in [1.82, 2.24) is 25.6 Å². The highest BCUT2D eigenvalue weighted by Gasteiger charge is 2.32. The number of halogens is 2. The van der Waals surface area contributed by atoms with Gasteiger partial charge in [0.25, 0.3) is 0 Å². The van der Waals surface area contributed by atoms with E-state index in [9.17, 15) is 9.59 Å². The van der Waals surface area contributed by atoms with Gasteiger partial charge in [0, 0.05) is 25.7 Å². The molecule has 2 amide bonds. The van der Waals surface area contributed by atoms with Crippen LogP contribution in [0.4, 0.5) is 20.8 Å². The van der Waals surface area contributed by atoms with Gasteiger partial charge in [0.05, 0.1) is 5.92 Å². The molecule has 0 radical (unpaired) electrons. The van der Waals surface area contributed by atoms with Crippen LogP contribution in [0.2, 0.25) is 5.28 Å². The molecular weight excluding hydrogens is 477 g/mol. The molecule has 0 spiro atoms. The Kier molecular flexibility index (Phi) is 8.83. The van der Waals surface area contributed by atoms with Crippen LogP contribution in [0, 0.1) is 17.7 Å². The van der Waals surface area contributed by atoms with Crippen LogP contribution in [0.3, 0.4) is 0 Å². The predicted octanol–water partition coefficient (Wildman–Crippen LogP) is 3.24. The van der Waals surface area contributed by atoms with E-state index in [1.54, 1.807) is 0 Å². The van der Waals surface area contributed by atoms with Gasteiger partial charge in [-0.3, -0.25) is 15.6 Å². The van der Waals surface area contributed by atoms with Gasteiger partial charge in [0.15, 0.2) is 11.6 Å². The molecule has 1 aromatic heterocycles. The van der Waals surface area contributed by atoms with Crippen LogP contribution in [0.25, 0.3) is 0 Å². The molecule has 12 heteroatoms. The molecule has 10 nitrogen and oxygen atoms in total. The molecule has 4 rings (SSSR count). The van der Waals surface area contributed by atoms with Gasteiger partial charge in [0.2, 0.25) is 17.0 Å². The van der Waals surface area contributed by atoms with E-state index in [1.807, 2.05) is 4.90 Å². The van der Waals surface area contributed by atoms with Gasteiger partial charge >= 0.3 is 6.09 Å². The first-order valence-electron chi connectivity index (χ1n) is 12.7. The summed E-state index contributed by atoms with van der Waals surface area (Å²) in [6.45, 7) is 3.66. The van der Waals surface area contributed by atoms with E-state index in [4.69, 9.17) is 16.7 Å². The number of carboxylic acid groups (broad SMARTS) is 1. The molecule has 3 fully saturated rings. The lowest BCUT2D eigenvalue weighted by Crippen LogP contribution is -2.42. The van der Waals surface area contributed by atoms with Crippen LogP contribution >= 0.6 is 11.6 Å². The van der Waals surface area contributed by atoms with Crippen LogP contribution in [0.5, 0.6) is 0 Å². The summed E-state index contributed by atoms with van der Waals surface area (Å²) in [5, 5.41) is 11.2. The molecule has 1 aromatic rings. The molecule has 0 bridgehead atoms. The SMILES string of the molecule is O=C(O)NC[C@@H](CC1CCCC1)C(=O)NNc1nc(Cl)nc(N2CCC[C@H]2CN2CCCC2)c1F. The second-order valence-electron chi connectivity index (χ2n) is 9.86. The molecule has 2 aliphatic heterocycles. The summed E-state index contributed by atoms with van der Waals surface area (Å²) in [6.07, 6.45) is 7.95. The topological polar surface area (TPSA) is 123 Å². The van der Waals surface area contributed by atoms with E-state index in [0.717, 1.165) is 58.2 Å². The summed E-state index contributed by atoms with van der Waals surface area (Å²) in [5.41, 5.74) is 5.09. The van der Waals surface area contributed by atoms with E-state index in [1.165, 1.54) is 12.8 Å². The third kappa shape index (κ3) is 6.84.